The molecule has 0 spiro atoms. The highest BCUT2D eigenvalue weighted by molar-refractivity contribution is 6.02. The number of hydrogen-bond donors (Lipinski definition) is 1. The maximum absolute atomic E-state index is 13.8. The van der Waals surface area contributed by atoms with Gasteiger partial charge in [0.25, 0.3) is 11.8 Å². The second-order valence-electron chi connectivity index (χ2n) is 11.0. The minimum absolute atomic E-state index is 0.106. The number of anilines is 1. The van der Waals surface area contributed by atoms with Crippen LogP contribution >= 0.6 is 0 Å². The van der Waals surface area contributed by atoms with E-state index in [4.69, 9.17) is 0 Å². The first-order chi connectivity index (χ1) is 20.8. The van der Waals surface area contributed by atoms with E-state index in [-0.39, 0.29) is 35.7 Å². The monoisotopic (exact) mass is 610 g/mol. The van der Waals surface area contributed by atoms with E-state index in [1.165, 1.54) is 28.9 Å². The summed E-state index contributed by atoms with van der Waals surface area (Å²) in [6, 6.07) is 12.7. The molecule has 6 rings (SSSR count). The summed E-state index contributed by atoms with van der Waals surface area (Å²) in [5.74, 6) is -3.74. The molecule has 4 aromatic rings. The van der Waals surface area contributed by atoms with Crippen LogP contribution in [-0.2, 0) is 16.9 Å². The fourth-order valence-electron chi connectivity index (χ4n) is 5.75. The third kappa shape index (κ3) is 5.43. The van der Waals surface area contributed by atoms with Crippen molar-refractivity contribution in [3.05, 3.63) is 95.4 Å². The number of rotatable bonds is 5. The van der Waals surface area contributed by atoms with E-state index in [9.17, 15) is 31.5 Å². The summed E-state index contributed by atoms with van der Waals surface area (Å²) in [7, 11) is 0. The quantitative estimate of drug-likeness (QED) is 0.285. The Kier molecular flexibility index (Phi) is 7.23. The van der Waals surface area contributed by atoms with Crippen LogP contribution in [0.4, 0.5) is 27.6 Å². The van der Waals surface area contributed by atoms with Crippen LogP contribution in [-0.4, -0.2) is 62.1 Å². The lowest BCUT2D eigenvalue weighted by atomic mass is 10.0. The number of nitrogens with zero attached hydrogens (tertiary/aromatic N) is 5. The van der Waals surface area contributed by atoms with Crippen LogP contribution in [0.3, 0.4) is 0 Å². The highest BCUT2D eigenvalue weighted by Crippen LogP contribution is 2.40. The number of carbonyl (C=O) groups excluding carboxylic acids is 2. The van der Waals surface area contributed by atoms with Crippen LogP contribution in [0.25, 0.3) is 16.9 Å². The number of carbonyl (C=O) groups is 2. The van der Waals surface area contributed by atoms with Crippen LogP contribution in [0.15, 0.2) is 73.1 Å². The predicted octanol–water partition coefficient (Wildman–Crippen LogP) is 5.90. The fraction of sp³-hybridized carbons (Fsp3) is 0.290. The summed E-state index contributed by atoms with van der Waals surface area (Å²) >= 11 is 0. The van der Waals surface area contributed by atoms with Gasteiger partial charge in [-0.2, -0.15) is 18.3 Å². The third-order valence-electron chi connectivity index (χ3n) is 7.99. The Morgan fingerprint density at radius 3 is 2.25 bits per heavy atom. The average Bonchev–Trinajstić information content (AvgIpc) is 3.57. The molecular formula is C31H27F5N6O2. The van der Waals surface area contributed by atoms with Crippen LogP contribution in [0.2, 0.25) is 0 Å². The standard InChI is InChI=1S/C31H27F5N6O2/c1-18-17-40(27-23-8-5-21(30(2,32)33)15-24(23)38-28(27)43)13-14-41(18)29(44)25-16-26(19-9-11-37-12-10-19)42(39-25)22-6-3-20(4-7-22)31(34,35)36/h3-12,15-16,18,27H,13-14,17H2,1-2H3,(H,38,43). The number of piperazine rings is 1. The maximum atomic E-state index is 13.8. The lowest BCUT2D eigenvalue weighted by Gasteiger charge is -2.41. The molecule has 2 atom stereocenters. The molecule has 0 radical (unpaired) electrons. The molecule has 0 bridgehead atoms. The number of amides is 2. The number of benzene rings is 2. The molecule has 228 valence electrons. The minimum Gasteiger partial charge on any atom is -0.332 e. The second-order valence-corrected chi connectivity index (χ2v) is 11.0. The molecule has 1 saturated heterocycles. The van der Waals surface area contributed by atoms with Crippen LogP contribution < -0.4 is 5.32 Å². The molecule has 2 aliphatic heterocycles. The van der Waals surface area contributed by atoms with Gasteiger partial charge < -0.3 is 10.2 Å². The summed E-state index contributed by atoms with van der Waals surface area (Å²) in [6.45, 7) is 3.59. The Hall–Kier alpha value is -4.65. The van der Waals surface area contributed by atoms with Gasteiger partial charge in [-0.1, -0.05) is 12.1 Å². The molecule has 0 saturated carbocycles. The molecule has 44 heavy (non-hydrogen) atoms. The van der Waals surface area contributed by atoms with E-state index in [1.807, 2.05) is 11.8 Å². The van der Waals surface area contributed by atoms with Crippen molar-refractivity contribution in [2.75, 3.05) is 25.0 Å². The van der Waals surface area contributed by atoms with Gasteiger partial charge in [-0.15, -0.1) is 0 Å². The number of nitrogens with one attached hydrogen (secondary N) is 1. The fourth-order valence-corrected chi connectivity index (χ4v) is 5.75. The maximum Gasteiger partial charge on any atom is 0.416 e. The molecule has 1 fully saturated rings. The Morgan fingerprint density at radius 1 is 0.932 bits per heavy atom. The van der Waals surface area contributed by atoms with E-state index in [0.717, 1.165) is 19.1 Å². The third-order valence-corrected chi connectivity index (χ3v) is 7.99. The van der Waals surface area contributed by atoms with Gasteiger partial charge >= 0.3 is 6.18 Å². The molecule has 8 nitrogen and oxygen atoms in total. The summed E-state index contributed by atoms with van der Waals surface area (Å²) in [6.07, 6.45) is -1.37. The number of hydrogen-bond acceptors (Lipinski definition) is 5. The Morgan fingerprint density at radius 2 is 1.61 bits per heavy atom. The van der Waals surface area contributed by atoms with Gasteiger partial charge in [-0.25, -0.2) is 13.5 Å². The number of aromatic nitrogens is 3. The first-order valence-electron chi connectivity index (χ1n) is 13.9. The lowest BCUT2D eigenvalue weighted by Crippen LogP contribution is -2.55. The van der Waals surface area contributed by atoms with E-state index >= 15 is 0 Å². The SMILES string of the molecule is CC1CN(C2C(=O)Nc3cc(C(C)(F)F)ccc32)CCN1C(=O)c1cc(-c2ccncc2)n(-c2ccc(C(F)(F)F)cc2)n1. The molecule has 2 unspecified atom stereocenters. The zero-order valence-corrected chi connectivity index (χ0v) is 23.6. The van der Waals surface area contributed by atoms with E-state index in [1.54, 1.807) is 41.6 Å². The van der Waals surface area contributed by atoms with Crippen LogP contribution in [0, 0.1) is 0 Å². The summed E-state index contributed by atoms with van der Waals surface area (Å²) in [4.78, 5) is 34.3. The van der Waals surface area contributed by atoms with Crippen molar-refractivity contribution in [1.29, 1.82) is 0 Å². The largest absolute Gasteiger partial charge is 0.416 e. The zero-order chi connectivity index (χ0) is 31.4. The molecular weight excluding hydrogens is 583 g/mol. The number of alkyl halides is 5. The molecule has 2 aliphatic rings. The number of fused-ring (bicyclic) bond motifs is 1. The predicted molar refractivity (Wildman–Crippen MR) is 151 cm³/mol. The van der Waals surface area contributed by atoms with Gasteiger partial charge in [0.05, 0.1) is 16.9 Å². The Bertz CT molecular complexity index is 1720. The Labute approximate surface area is 249 Å². The smallest absolute Gasteiger partial charge is 0.332 e. The lowest BCUT2D eigenvalue weighted by molar-refractivity contribution is -0.137. The Balaban J connectivity index is 1.25. The first kappa shape index (κ1) is 29.4. The van der Waals surface area contributed by atoms with Crippen molar-refractivity contribution < 1.29 is 31.5 Å². The van der Waals surface area contributed by atoms with E-state index in [0.29, 0.717) is 41.3 Å². The first-order valence-corrected chi connectivity index (χ1v) is 13.9. The highest BCUT2D eigenvalue weighted by Gasteiger charge is 2.41. The zero-order valence-electron chi connectivity index (χ0n) is 23.6. The van der Waals surface area contributed by atoms with Crippen molar-refractivity contribution in [1.82, 2.24) is 24.6 Å². The molecule has 2 amide bonds. The summed E-state index contributed by atoms with van der Waals surface area (Å²) in [5, 5.41) is 7.22. The van der Waals surface area contributed by atoms with Gasteiger partial charge in [0.1, 0.15) is 6.04 Å². The van der Waals surface area contributed by atoms with Gasteiger partial charge in [0, 0.05) is 67.4 Å². The number of pyridine rings is 1. The van der Waals surface area contributed by atoms with Gasteiger partial charge in [0.2, 0.25) is 5.91 Å². The van der Waals surface area contributed by atoms with Crippen molar-refractivity contribution in [3.63, 3.8) is 0 Å². The van der Waals surface area contributed by atoms with E-state index < -0.39 is 23.7 Å². The van der Waals surface area contributed by atoms with Crippen molar-refractivity contribution in [2.45, 2.75) is 38.0 Å². The second kappa shape index (κ2) is 10.8. The van der Waals surface area contributed by atoms with Gasteiger partial charge in [-0.3, -0.25) is 19.5 Å². The minimum atomic E-state index is -4.50. The molecule has 13 heteroatoms. The van der Waals surface area contributed by atoms with Gasteiger partial charge in [0.15, 0.2) is 5.69 Å². The van der Waals surface area contributed by atoms with Crippen molar-refractivity contribution >= 4 is 17.5 Å². The van der Waals surface area contributed by atoms with Crippen molar-refractivity contribution in [3.8, 4) is 16.9 Å². The molecule has 2 aromatic heterocycles. The van der Waals surface area contributed by atoms with Crippen molar-refractivity contribution in [2.24, 2.45) is 0 Å². The van der Waals surface area contributed by atoms with E-state index in [2.05, 4.69) is 15.4 Å². The summed E-state index contributed by atoms with van der Waals surface area (Å²) in [5.41, 5.74) is 1.57. The summed E-state index contributed by atoms with van der Waals surface area (Å²) < 4.78 is 68.6. The van der Waals surface area contributed by atoms with Crippen LogP contribution in [0.5, 0.6) is 0 Å². The molecule has 2 aromatic carbocycles. The molecule has 4 heterocycles. The number of halogens is 5. The molecule has 1 N–H and O–H groups in total. The highest BCUT2D eigenvalue weighted by atomic mass is 19.4. The topological polar surface area (TPSA) is 83.4 Å². The van der Waals surface area contributed by atoms with Crippen LogP contribution in [0.1, 0.15) is 47.1 Å². The molecule has 0 aliphatic carbocycles. The van der Waals surface area contributed by atoms with Gasteiger partial charge in [-0.05, 0) is 55.5 Å². The average molecular weight is 611 g/mol. The normalized spacial score (nSPS) is 19.2.